The van der Waals surface area contributed by atoms with E-state index in [1.165, 1.54) is 6.20 Å². The lowest BCUT2D eigenvalue weighted by Gasteiger charge is -2.03. The first-order chi connectivity index (χ1) is 7.18. The van der Waals surface area contributed by atoms with Crippen LogP contribution in [0.5, 0.6) is 0 Å². The zero-order valence-electron chi connectivity index (χ0n) is 8.21. The lowest BCUT2D eigenvalue weighted by molar-refractivity contribution is 0.100. The molecule has 0 aliphatic carbocycles. The molecule has 76 valence electrons. The number of hydrogen-bond donors (Lipinski definition) is 1. The summed E-state index contributed by atoms with van der Waals surface area (Å²) >= 11 is 0. The minimum absolute atomic E-state index is 0.387. The molecule has 0 atom stereocenters. The Hall–Kier alpha value is -2.17. The first kappa shape index (κ1) is 9.39. The monoisotopic (exact) mass is 202 g/mol. The van der Waals surface area contributed by atoms with Crippen molar-refractivity contribution < 1.29 is 4.79 Å². The summed E-state index contributed by atoms with van der Waals surface area (Å²) in [5, 5.41) is 4.04. The Kier molecular flexibility index (Phi) is 2.21. The summed E-state index contributed by atoms with van der Waals surface area (Å²) in [6.07, 6.45) is 6.42. The maximum absolute atomic E-state index is 10.9. The van der Waals surface area contributed by atoms with Crippen molar-refractivity contribution in [1.29, 1.82) is 0 Å². The summed E-state index contributed by atoms with van der Waals surface area (Å²) in [6.45, 7) is 1.95. The maximum atomic E-state index is 10.9. The Morgan fingerprint density at radius 3 is 2.87 bits per heavy atom. The van der Waals surface area contributed by atoms with E-state index < -0.39 is 5.91 Å². The standard InChI is InChI=1S/C10H10N4O/c1-7-2-3-12-5-9(7)14-6-8(4-13-14)10(11)15/h2-6H,1H3,(H2,11,15). The summed E-state index contributed by atoms with van der Waals surface area (Å²) in [6, 6.07) is 1.88. The SMILES string of the molecule is Cc1ccncc1-n1cc(C(N)=O)cn1. The highest BCUT2D eigenvalue weighted by Crippen LogP contribution is 2.11. The summed E-state index contributed by atoms with van der Waals surface area (Å²) in [5.74, 6) is -0.484. The fourth-order valence-corrected chi connectivity index (χ4v) is 1.28. The van der Waals surface area contributed by atoms with Crippen molar-refractivity contribution in [3.8, 4) is 5.69 Å². The van der Waals surface area contributed by atoms with Crippen LogP contribution in [0.4, 0.5) is 0 Å². The number of primary amides is 1. The normalized spacial score (nSPS) is 10.2. The van der Waals surface area contributed by atoms with Crippen LogP contribution in [-0.4, -0.2) is 20.7 Å². The summed E-state index contributed by atoms with van der Waals surface area (Å²) in [7, 11) is 0. The Balaban J connectivity index is 2.46. The number of pyridine rings is 1. The second-order valence-corrected chi connectivity index (χ2v) is 3.20. The molecule has 2 N–H and O–H groups in total. The molecule has 2 aromatic rings. The fourth-order valence-electron chi connectivity index (χ4n) is 1.28. The Morgan fingerprint density at radius 1 is 1.47 bits per heavy atom. The lowest BCUT2D eigenvalue weighted by atomic mass is 10.2. The number of hydrogen-bond acceptors (Lipinski definition) is 3. The summed E-state index contributed by atoms with van der Waals surface area (Å²) in [5.41, 5.74) is 7.39. The molecule has 0 saturated heterocycles. The topological polar surface area (TPSA) is 73.8 Å². The van der Waals surface area contributed by atoms with E-state index in [-0.39, 0.29) is 0 Å². The fraction of sp³-hybridized carbons (Fsp3) is 0.100. The molecule has 0 spiro atoms. The molecule has 2 aromatic heterocycles. The molecule has 0 bridgehead atoms. The number of carbonyl (C=O) groups is 1. The molecular formula is C10H10N4O. The third-order valence-electron chi connectivity index (χ3n) is 2.13. The molecule has 5 nitrogen and oxygen atoms in total. The highest BCUT2D eigenvalue weighted by atomic mass is 16.1. The summed E-state index contributed by atoms with van der Waals surface area (Å²) < 4.78 is 1.59. The third-order valence-corrected chi connectivity index (χ3v) is 2.13. The van der Waals surface area contributed by atoms with Crippen molar-refractivity contribution in [3.63, 3.8) is 0 Å². The van der Waals surface area contributed by atoms with Crippen LogP contribution < -0.4 is 5.73 Å². The molecule has 1 amide bonds. The van der Waals surface area contributed by atoms with Gasteiger partial charge in [0.25, 0.3) is 5.91 Å². The van der Waals surface area contributed by atoms with Gasteiger partial charge in [-0.05, 0) is 18.6 Å². The van der Waals surface area contributed by atoms with E-state index in [1.54, 1.807) is 23.3 Å². The van der Waals surface area contributed by atoms with Gasteiger partial charge in [0.05, 0.1) is 23.6 Å². The average molecular weight is 202 g/mol. The molecule has 0 unspecified atom stereocenters. The Labute approximate surface area is 86.5 Å². The molecule has 0 aliphatic rings. The van der Waals surface area contributed by atoms with Crippen LogP contribution in [0.3, 0.4) is 0 Å². The molecule has 2 heterocycles. The number of carbonyl (C=O) groups excluding carboxylic acids is 1. The van der Waals surface area contributed by atoms with E-state index in [0.29, 0.717) is 5.56 Å². The predicted octanol–water partition coefficient (Wildman–Crippen LogP) is 0.675. The average Bonchev–Trinajstić information content (AvgIpc) is 2.67. The number of aromatic nitrogens is 3. The molecule has 0 aromatic carbocycles. The number of aryl methyl sites for hydroxylation is 1. The van der Waals surface area contributed by atoms with Crippen LogP contribution in [0.25, 0.3) is 5.69 Å². The number of amides is 1. The van der Waals surface area contributed by atoms with Gasteiger partial charge in [0.2, 0.25) is 0 Å². The van der Waals surface area contributed by atoms with Crippen molar-refractivity contribution in [2.75, 3.05) is 0 Å². The zero-order chi connectivity index (χ0) is 10.8. The second-order valence-electron chi connectivity index (χ2n) is 3.20. The van der Waals surface area contributed by atoms with E-state index in [1.807, 2.05) is 13.0 Å². The van der Waals surface area contributed by atoms with Crippen molar-refractivity contribution >= 4 is 5.91 Å². The second kappa shape index (κ2) is 3.53. The zero-order valence-corrected chi connectivity index (χ0v) is 8.21. The van der Waals surface area contributed by atoms with E-state index in [9.17, 15) is 4.79 Å². The molecule has 0 saturated carbocycles. The van der Waals surface area contributed by atoms with E-state index in [2.05, 4.69) is 10.1 Å². The van der Waals surface area contributed by atoms with Gasteiger partial charge in [-0.2, -0.15) is 5.10 Å². The first-order valence-corrected chi connectivity index (χ1v) is 4.44. The van der Waals surface area contributed by atoms with Crippen molar-refractivity contribution in [2.24, 2.45) is 5.73 Å². The predicted molar refractivity (Wildman–Crippen MR) is 54.6 cm³/mol. The Bertz CT molecular complexity index is 504. The highest BCUT2D eigenvalue weighted by Gasteiger charge is 2.06. The molecule has 2 rings (SSSR count). The van der Waals surface area contributed by atoms with Gasteiger partial charge in [0.1, 0.15) is 0 Å². The van der Waals surface area contributed by atoms with Gasteiger partial charge in [0, 0.05) is 12.4 Å². The van der Waals surface area contributed by atoms with Crippen LogP contribution in [0, 0.1) is 6.92 Å². The van der Waals surface area contributed by atoms with E-state index in [0.717, 1.165) is 11.3 Å². The van der Waals surface area contributed by atoms with Gasteiger partial charge in [-0.1, -0.05) is 0 Å². The van der Waals surface area contributed by atoms with E-state index in [4.69, 9.17) is 5.73 Å². The first-order valence-electron chi connectivity index (χ1n) is 4.44. The van der Waals surface area contributed by atoms with Crippen LogP contribution in [-0.2, 0) is 0 Å². The van der Waals surface area contributed by atoms with Crippen molar-refractivity contribution in [3.05, 3.63) is 42.0 Å². The minimum Gasteiger partial charge on any atom is -0.366 e. The van der Waals surface area contributed by atoms with Gasteiger partial charge in [0.15, 0.2) is 0 Å². The smallest absolute Gasteiger partial charge is 0.251 e. The van der Waals surface area contributed by atoms with Crippen molar-refractivity contribution in [1.82, 2.24) is 14.8 Å². The lowest BCUT2D eigenvalue weighted by Crippen LogP contribution is -2.09. The summed E-state index contributed by atoms with van der Waals surface area (Å²) in [4.78, 5) is 14.9. The quantitative estimate of drug-likeness (QED) is 0.778. The van der Waals surface area contributed by atoms with Crippen LogP contribution in [0.15, 0.2) is 30.9 Å². The highest BCUT2D eigenvalue weighted by molar-refractivity contribution is 5.92. The molecule has 15 heavy (non-hydrogen) atoms. The Morgan fingerprint density at radius 2 is 2.27 bits per heavy atom. The van der Waals surface area contributed by atoms with Gasteiger partial charge in [-0.15, -0.1) is 0 Å². The number of rotatable bonds is 2. The third kappa shape index (κ3) is 1.71. The maximum Gasteiger partial charge on any atom is 0.251 e. The molecule has 5 heteroatoms. The minimum atomic E-state index is -0.484. The van der Waals surface area contributed by atoms with Crippen LogP contribution >= 0.6 is 0 Å². The van der Waals surface area contributed by atoms with Crippen LogP contribution in [0.1, 0.15) is 15.9 Å². The molecule has 0 radical (unpaired) electrons. The molecular weight excluding hydrogens is 192 g/mol. The molecule has 0 fully saturated rings. The van der Waals surface area contributed by atoms with Gasteiger partial charge < -0.3 is 5.73 Å². The molecule has 0 aliphatic heterocycles. The van der Waals surface area contributed by atoms with Gasteiger partial charge >= 0.3 is 0 Å². The van der Waals surface area contributed by atoms with Gasteiger partial charge in [-0.25, -0.2) is 4.68 Å². The van der Waals surface area contributed by atoms with Gasteiger partial charge in [-0.3, -0.25) is 9.78 Å². The largest absolute Gasteiger partial charge is 0.366 e. The van der Waals surface area contributed by atoms with E-state index >= 15 is 0 Å². The van der Waals surface area contributed by atoms with Crippen molar-refractivity contribution in [2.45, 2.75) is 6.92 Å². The van der Waals surface area contributed by atoms with Crippen LogP contribution in [0.2, 0.25) is 0 Å². The number of nitrogens with two attached hydrogens (primary N) is 1. The number of nitrogens with zero attached hydrogens (tertiary/aromatic N) is 3.